The Morgan fingerprint density at radius 2 is 2.07 bits per heavy atom. The first kappa shape index (κ1) is 19.5. The predicted molar refractivity (Wildman–Crippen MR) is 98.6 cm³/mol. The van der Waals surface area contributed by atoms with Gasteiger partial charge >= 0.3 is 6.03 Å². The van der Waals surface area contributed by atoms with Crippen molar-refractivity contribution >= 4 is 41.1 Å². The van der Waals surface area contributed by atoms with E-state index in [1.54, 1.807) is 29.9 Å². The highest BCUT2D eigenvalue weighted by molar-refractivity contribution is 6.08. The van der Waals surface area contributed by atoms with E-state index in [-0.39, 0.29) is 37.8 Å². The first-order valence-corrected chi connectivity index (χ1v) is 8.53. The summed E-state index contributed by atoms with van der Waals surface area (Å²) in [5, 5.41) is 10.1. The van der Waals surface area contributed by atoms with Gasteiger partial charge in [-0.2, -0.15) is 5.10 Å². The summed E-state index contributed by atoms with van der Waals surface area (Å²) in [6.45, 7) is 0.468. The van der Waals surface area contributed by atoms with Crippen molar-refractivity contribution in [2.24, 2.45) is 7.05 Å². The molecule has 2 fully saturated rings. The fraction of sp³-hybridized carbons (Fsp3) is 0.471. The molecule has 1 atom stereocenters. The number of nitrogens with zero attached hydrogens (tertiary/aromatic N) is 3. The van der Waals surface area contributed by atoms with E-state index in [4.69, 9.17) is 0 Å². The molecule has 2 aliphatic rings. The number of carbonyl (C=O) groups is 2. The molecule has 10 heteroatoms. The minimum Gasteiger partial charge on any atom is -0.311 e. The lowest BCUT2D eigenvalue weighted by Gasteiger charge is -2.32. The Kier molecular flexibility index (Phi) is 5.09. The van der Waals surface area contributed by atoms with Crippen LogP contribution in [0.4, 0.5) is 19.4 Å². The molecule has 0 spiro atoms. The number of aryl methyl sites for hydroxylation is 1. The molecule has 0 aliphatic carbocycles. The van der Waals surface area contributed by atoms with Crippen LogP contribution in [0.2, 0.25) is 0 Å². The molecule has 3 amide bonds. The summed E-state index contributed by atoms with van der Waals surface area (Å²) in [4.78, 5) is 24.8. The van der Waals surface area contributed by atoms with E-state index in [1.165, 1.54) is 4.90 Å². The van der Waals surface area contributed by atoms with E-state index < -0.39 is 17.9 Å². The Morgan fingerprint density at radius 3 is 2.78 bits per heavy atom. The quantitative estimate of drug-likeness (QED) is 0.811. The third-order valence-electron chi connectivity index (χ3n) is 5.05. The Balaban J connectivity index is 0.00000210. The number of nitrogens with one attached hydrogen (secondary N) is 2. The molecular formula is C17H20ClF2N5O2. The van der Waals surface area contributed by atoms with Crippen LogP contribution in [0.3, 0.4) is 0 Å². The monoisotopic (exact) mass is 399 g/mol. The van der Waals surface area contributed by atoms with Crippen LogP contribution in [-0.4, -0.2) is 47.3 Å². The molecule has 7 nitrogen and oxygen atoms in total. The number of rotatable bonds is 2. The van der Waals surface area contributed by atoms with Gasteiger partial charge in [0.15, 0.2) is 5.82 Å². The van der Waals surface area contributed by atoms with Crippen LogP contribution >= 0.6 is 12.4 Å². The second-order valence-electron chi connectivity index (χ2n) is 6.76. The van der Waals surface area contributed by atoms with Gasteiger partial charge in [0.1, 0.15) is 0 Å². The molecule has 4 rings (SSSR count). The number of urea groups is 1. The zero-order valence-corrected chi connectivity index (χ0v) is 15.5. The van der Waals surface area contributed by atoms with Crippen LogP contribution in [0.1, 0.15) is 24.3 Å². The Bertz CT molecular complexity index is 901. The van der Waals surface area contributed by atoms with Gasteiger partial charge in [0, 0.05) is 25.4 Å². The molecule has 1 aromatic carbocycles. The van der Waals surface area contributed by atoms with E-state index >= 15 is 0 Å². The number of hydrogen-bond acceptors (Lipinski definition) is 4. The number of amides is 3. The number of imide groups is 1. The molecular weight excluding hydrogens is 380 g/mol. The molecule has 27 heavy (non-hydrogen) atoms. The minimum absolute atomic E-state index is 0. The van der Waals surface area contributed by atoms with Gasteiger partial charge in [-0.05, 0) is 30.7 Å². The third kappa shape index (κ3) is 3.37. The van der Waals surface area contributed by atoms with E-state index in [9.17, 15) is 18.4 Å². The molecule has 0 radical (unpaired) electrons. The molecule has 2 aliphatic heterocycles. The summed E-state index contributed by atoms with van der Waals surface area (Å²) in [5.74, 6) is -3.54. The fourth-order valence-corrected chi connectivity index (χ4v) is 3.68. The van der Waals surface area contributed by atoms with Gasteiger partial charge < -0.3 is 5.32 Å². The molecule has 0 bridgehead atoms. The van der Waals surface area contributed by atoms with Gasteiger partial charge in [-0.3, -0.25) is 19.7 Å². The molecule has 1 aromatic heterocycles. The smallest absolute Gasteiger partial charge is 0.311 e. The van der Waals surface area contributed by atoms with Crippen molar-refractivity contribution in [2.45, 2.75) is 24.7 Å². The van der Waals surface area contributed by atoms with Gasteiger partial charge in [0.25, 0.3) is 5.92 Å². The van der Waals surface area contributed by atoms with Crippen LogP contribution in [0.5, 0.6) is 0 Å². The maximum atomic E-state index is 14.3. The molecule has 2 saturated heterocycles. The lowest BCUT2D eigenvalue weighted by Crippen LogP contribution is -2.49. The van der Waals surface area contributed by atoms with Crippen molar-refractivity contribution in [1.29, 1.82) is 0 Å². The standard InChI is InChI=1S/C17H19F2N5O2.ClH/c1-23-13-8-10(12-4-6-20-9-17(12,18)19)2-3-11(13)15(22-23)24-7-5-14(25)21-16(24)26;/h2-3,8,12,20H,4-7,9H2,1H3,(H,21,25,26);1H. The van der Waals surface area contributed by atoms with Gasteiger partial charge in [0.2, 0.25) is 5.91 Å². The Labute approximate surface area is 160 Å². The number of hydrogen-bond donors (Lipinski definition) is 2. The summed E-state index contributed by atoms with van der Waals surface area (Å²) in [7, 11) is 1.71. The van der Waals surface area contributed by atoms with Crippen molar-refractivity contribution < 1.29 is 18.4 Å². The third-order valence-corrected chi connectivity index (χ3v) is 5.05. The Hall–Kier alpha value is -2.26. The van der Waals surface area contributed by atoms with Gasteiger partial charge in [-0.1, -0.05) is 6.07 Å². The van der Waals surface area contributed by atoms with Crippen LogP contribution < -0.4 is 15.5 Å². The molecule has 3 heterocycles. The summed E-state index contributed by atoms with van der Waals surface area (Å²) in [5.41, 5.74) is 1.24. The number of benzene rings is 1. The highest BCUT2D eigenvalue weighted by Gasteiger charge is 2.42. The van der Waals surface area contributed by atoms with Crippen molar-refractivity contribution in [3.63, 3.8) is 0 Å². The number of piperidine rings is 1. The normalized spacial score (nSPS) is 22.5. The molecule has 1 unspecified atom stereocenters. The average Bonchev–Trinajstić information content (AvgIpc) is 2.91. The van der Waals surface area contributed by atoms with Crippen molar-refractivity contribution in [1.82, 2.24) is 20.4 Å². The number of anilines is 1. The number of fused-ring (bicyclic) bond motifs is 1. The maximum absolute atomic E-state index is 14.3. The van der Waals surface area contributed by atoms with Gasteiger partial charge in [0.05, 0.1) is 18.0 Å². The van der Waals surface area contributed by atoms with Crippen molar-refractivity contribution in [2.75, 3.05) is 24.5 Å². The predicted octanol–water partition coefficient (Wildman–Crippen LogP) is 2.15. The van der Waals surface area contributed by atoms with Crippen LogP contribution in [0, 0.1) is 0 Å². The first-order valence-electron chi connectivity index (χ1n) is 8.53. The lowest BCUT2D eigenvalue weighted by atomic mass is 9.86. The highest BCUT2D eigenvalue weighted by Crippen LogP contribution is 2.39. The first-order chi connectivity index (χ1) is 12.4. The van der Waals surface area contributed by atoms with Crippen LogP contribution in [0.15, 0.2) is 18.2 Å². The number of halogens is 3. The van der Waals surface area contributed by atoms with Crippen molar-refractivity contribution in [3.05, 3.63) is 23.8 Å². The zero-order valence-electron chi connectivity index (χ0n) is 14.7. The van der Waals surface area contributed by atoms with E-state index in [0.29, 0.717) is 35.2 Å². The lowest BCUT2D eigenvalue weighted by molar-refractivity contribution is -0.120. The summed E-state index contributed by atoms with van der Waals surface area (Å²) >= 11 is 0. The topological polar surface area (TPSA) is 79.3 Å². The van der Waals surface area contributed by atoms with Crippen LogP contribution in [0.25, 0.3) is 10.9 Å². The number of alkyl halides is 2. The Morgan fingerprint density at radius 1 is 1.30 bits per heavy atom. The second-order valence-corrected chi connectivity index (χ2v) is 6.76. The van der Waals surface area contributed by atoms with E-state index in [2.05, 4.69) is 15.7 Å². The van der Waals surface area contributed by atoms with Crippen LogP contribution in [-0.2, 0) is 11.8 Å². The van der Waals surface area contributed by atoms with Crippen molar-refractivity contribution in [3.8, 4) is 0 Å². The largest absolute Gasteiger partial charge is 0.329 e. The number of carbonyl (C=O) groups excluding carboxylic acids is 2. The highest BCUT2D eigenvalue weighted by atomic mass is 35.5. The zero-order chi connectivity index (χ0) is 18.5. The maximum Gasteiger partial charge on any atom is 0.329 e. The molecule has 2 aromatic rings. The SMILES string of the molecule is Cl.Cn1nc(N2CCC(=O)NC2=O)c2ccc(C3CCNCC3(F)F)cc21. The summed E-state index contributed by atoms with van der Waals surface area (Å²) in [6.07, 6.45) is 0.559. The van der Waals surface area contributed by atoms with Gasteiger partial charge in [-0.25, -0.2) is 13.6 Å². The second kappa shape index (κ2) is 7.05. The van der Waals surface area contributed by atoms with E-state index in [0.717, 1.165) is 0 Å². The molecule has 0 saturated carbocycles. The molecule has 146 valence electrons. The average molecular weight is 400 g/mol. The van der Waals surface area contributed by atoms with E-state index in [1.807, 2.05) is 0 Å². The van der Waals surface area contributed by atoms with Gasteiger partial charge in [-0.15, -0.1) is 12.4 Å². The summed E-state index contributed by atoms with van der Waals surface area (Å²) in [6, 6.07) is 4.62. The molecule has 2 N–H and O–H groups in total. The summed E-state index contributed by atoms with van der Waals surface area (Å²) < 4.78 is 30.1. The fourth-order valence-electron chi connectivity index (χ4n) is 3.68. The minimum atomic E-state index is -2.81. The number of aromatic nitrogens is 2.